The first-order valence-corrected chi connectivity index (χ1v) is 5.61. The van der Waals surface area contributed by atoms with E-state index in [1.165, 1.54) is 0 Å². The minimum atomic E-state index is 0.621. The Morgan fingerprint density at radius 3 is 2.71 bits per heavy atom. The lowest BCUT2D eigenvalue weighted by molar-refractivity contribution is 0.716. The third kappa shape index (κ3) is 2.82. The summed E-state index contributed by atoms with van der Waals surface area (Å²) in [6, 6.07) is 0. The van der Waals surface area contributed by atoms with Crippen LogP contribution in [0.2, 0.25) is 0 Å². The Balaban J connectivity index is 2.25. The van der Waals surface area contributed by atoms with Crippen molar-refractivity contribution in [2.75, 3.05) is 6.54 Å². The topological polar surface area (TPSA) is 63.6 Å². The smallest absolute Gasteiger partial charge is 0.179 e. The lowest BCUT2D eigenvalue weighted by Crippen LogP contribution is -2.13. The van der Waals surface area contributed by atoms with E-state index >= 15 is 0 Å². The Bertz CT molecular complexity index is 484. The fourth-order valence-corrected chi connectivity index (χ4v) is 1.46. The first kappa shape index (κ1) is 11.6. The fourth-order valence-electron chi connectivity index (χ4n) is 1.46. The molecule has 2 aromatic rings. The van der Waals surface area contributed by atoms with Gasteiger partial charge in [-0.3, -0.25) is 4.98 Å². The second kappa shape index (κ2) is 5.45. The Morgan fingerprint density at radius 2 is 2.06 bits per heavy atom. The SMILES string of the molecule is CCNCc1cnc(-c2cnccn2)nc1C. The van der Waals surface area contributed by atoms with Gasteiger partial charge < -0.3 is 5.32 Å². The second-order valence-electron chi connectivity index (χ2n) is 3.68. The molecule has 0 bridgehead atoms. The van der Waals surface area contributed by atoms with Crippen LogP contribution in [0.1, 0.15) is 18.2 Å². The summed E-state index contributed by atoms with van der Waals surface area (Å²) >= 11 is 0. The predicted molar refractivity (Wildman–Crippen MR) is 65.2 cm³/mol. The molecule has 5 heteroatoms. The normalized spacial score (nSPS) is 10.5. The zero-order chi connectivity index (χ0) is 12.1. The third-order valence-electron chi connectivity index (χ3n) is 2.44. The Morgan fingerprint density at radius 1 is 1.18 bits per heavy atom. The van der Waals surface area contributed by atoms with Crippen LogP contribution >= 0.6 is 0 Å². The minimum absolute atomic E-state index is 0.621. The quantitative estimate of drug-likeness (QED) is 0.857. The van der Waals surface area contributed by atoms with E-state index in [-0.39, 0.29) is 0 Å². The molecule has 2 rings (SSSR count). The van der Waals surface area contributed by atoms with Crippen molar-refractivity contribution in [2.45, 2.75) is 20.4 Å². The molecule has 0 radical (unpaired) electrons. The van der Waals surface area contributed by atoms with Crippen molar-refractivity contribution in [1.82, 2.24) is 25.3 Å². The molecule has 5 nitrogen and oxygen atoms in total. The van der Waals surface area contributed by atoms with Gasteiger partial charge in [0.1, 0.15) is 5.69 Å². The highest BCUT2D eigenvalue weighted by Crippen LogP contribution is 2.12. The highest BCUT2D eigenvalue weighted by molar-refractivity contribution is 5.47. The lowest BCUT2D eigenvalue weighted by Gasteiger charge is -2.06. The van der Waals surface area contributed by atoms with Gasteiger partial charge in [-0.2, -0.15) is 0 Å². The third-order valence-corrected chi connectivity index (χ3v) is 2.44. The second-order valence-corrected chi connectivity index (χ2v) is 3.68. The highest BCUT2D eigenvalue weighted by atomic mass is 14.9. The van der Waals surface area contributed by atoms with E-state index in [9.17, 15) is 0 Å². The van der Waals surface area contributed by atoms with E-state index in [1.807, 2.05) is 13.1 Å². The van der Waals surface area contributed by atoms with Crippen LogP contribution < -0.4 is 5.32 Å². The number of aryl methyl sites for hydroxylation is 1. The van der Waals surface area contributed by atoms with Crippen LogP contribution in [-0.2, 0) is 6.54 Å². The molecule has 0 atom stereocenters. The van der Waals surface area contributed by atoms with E-state index < -0.39 is 0 Å². The maximum absolute atomic E-state index is 4.44. The van der Waals surface area contributed by atoms with Crippen LogP contribution in [0.3, 0.4) is 0 Å². The molecule has 0 aliphatic heterocycles. The number of rotatable bonds is 4. The van der Waals surface area contributed by atoms with E-state index in [4.69, 9.17) is 0 Å². The van der Waals surface area contributed by atoms with Crippen molar-refractivity contribution in [2.24, 2.45) is 0 Å². The van der Waals surface area contributed by atoms with Crippen molar-refractivity contribution in [3.8, 4) is 11.5 Å². The number of nitrogens with zero attached hydrogens (tertiary/aromatic N) is 4. The highest BCUT2D eigenvalue weighted by Gasteiger charge is 2.05. The summed E-state index contributed by atoms with van der Waals surface area (Å²) in [5.41, 5.74) is 2.78. The number of hydrogen-bond acceptors (Lipinski definition) is 5. The minimum Gasteiger partial charge on any atom is -0.313 e. The molecule has 0 aliphatic rings. The van der Waals surface area contributed by atoms with Gasteiger partial charge in [0.25, 0.3) is 0 Å². The summed E-state index contributed by atoms with van der Waals surface area (Å²) in [5.74, 6) is 0.621. The molecule has 0 aliphatic carbocycles. The summed E-state index contributed by atoms with van der Waals surface area (Å²) in [5, 5.41) is 3.26. The average Bonchev–Trinajstić information content (AvgIpc) is 2.38. The first-order chi connectivity index (χ1) is 8.31. The van der Waals surface area contributed by atoms with Gasteiger partial charge >= 0.3 is 0 Å². The van der Waals surface area contributed by atoms with Gasteiger partial charge in [-0.1, -0.05) is 6.92 Å². The van der Waals surface area contributed by atoms with Crippen molar-refractivity contribution in [3.63, 3.8) is 0 Å². The Kier molecular flexibility index (Phi) is 3.72. The van der Waals surface area contributed by atoms with Crippen LogP contribution in [-0.4, -0.2) is 26.5 Å². The molecule has 0 unspecified atom stereocenters. The maximum atomic E-state index is 4.44. The van der Waals surface area contributed by atoms with E-state index in [0.29, 0.717) is 11.5 Å². The van der Waals surface area contributed by atoms with Gasteiger partial charge in [-0.05, 0) is 13.5 Å². The van der Waals surface area contributed by atoms with Gasteiger partial charge in [-0.25, -0.2) is 15.0 Å². The van der Waals surface area contributed by atoms with Gasteiger partial charge in [-0.15, -0.1) is 0 Å². The lowest BCUT2D eigenvalue weighted by atomic mass is 10.2. The number of aromatic nitrogens is 4. The molecule has 0 aromatic carbocycles. The summed E-state index contributed by atoms with van der Waals surface area (Å²) in [4.78, 5) is 16.9. The van der Waals surface area contributed by atoms with Crippen LogP contribution in [0.25, 0.3) is 11.5 Å². The van der Waals surface area contributed by atoms with Gasteiger partial charge in [0.05, 0.1) is 6.20 Å². The zero-order valence-corrected chi connectivity index (χ0v) is 10.0. The molecular formula is C12H15N5. The van der Waals surface area contributed by atoms with Gasteiger partial charge in [0.15, 0.2) is 5.82 Å². The fraction of sp³-hybridized carbons (Fsp3) is 0.333. The maximum Gasteiger partial charge on any atom is 0.179 e. The Hall–Kier alpha value is -1.88. The van der Waals surface area contributed by atoms with Crippen LogP contribution in [0.5, 0.6) is 0 Å². The largest absolute Gasteiger partial charge is 0.313 e. The van der Waals surface area contributed by atoms with E-state index in [0.717, 1.165) is 24.3 Å². The van der Waals surface area contributed by atoms with Crippen molar-refractivity contribution < 1.29 is 0 Å². The van der Waals surface area contributed by atoms with Crippen molar-refractivity contribution in [1.29, 1.82) is 0 Å². The molecule has 0 saturated heterocycles. The zero-order valence-electron chi connectivity index (χ0n) is 10.0. The average molecular weight is 229 g/mol. The molecule has 2 heterocycles. The van der Waals surface area contributed by atoms with Gasteiger partial charge in [0, 0.05) is 36.4 Å². The monoisotopic (exact) mass is 229 g/mol. The molecule has 17 heavy (non-hydrogen) atoms. The molecule has 2 aromatic heterocycles. The van der Waals surface area contributed by atoms with Crippen LogP contribution in [0.4, 0.5) is 0 Å². The summed E-state index contributed by atoms with van der Waals surface area (Å²) < 4.78 is 0. The summed E-state index contributed by atoms with van der Waals surface area (Å²) in [7, 11) is 0. The molecular weight excluding hydrogens is 214 g/mol. The first-order valence-electron chi connectivity index (χ1n) is 5.61. The number of hydrogen-bond donors (Lipinski definition) is 1. The summed E-state index contributed by atoms with van der Waals surface area (Å²) in [6.07, 6.45) is 6.78. The van der Waals surface area contributed by atoms with Crippen molar-refractivity contribution in [3.05, 3.63) is 36.0 Å². The van der Waals surface area contributed by atoms with Crippen LogP contribution in [0.15, 0.2) is 24.8 Å². The van der Waals surface area contributed by atoms with E-state index in [2.05, 4.69) is 32.2 Å². The molecule has 0 spiro atoms. The molecule has 1 N–H and O–H groups in total. The van der Waals surface area contributed by atoms with Crippen molar-refractivity contribution >= 4 is 0 Å². The molecule has 88 valence electrons. The molecule has 0 fully saturated rings. The van der Waals surface area contributed by atoms with E-state index in [1.54, 1.807) is 18.6 Å². The number of nitrogens with one attached hydrogen (secondary N) is 1. The molecule has 0 saturated carbocycles. The summed E-state index contributed by atoms with van der Waals surface area (Å²) in [6.45, 7) is 5.78. The standard InChI is InChI=1S/C12H15N5/c1-3-13-6-10-7-16-12(17-9(10)2)11-8-14-4-5-15-11/h4-5,7-8,13H,3,6H2,1-2H3. The van der Waals surface area contributed by atoms with Crippen LogP contribution in [0, 0.1) is 6.92 Å². The predicted octanol–water partition coefficient (Wildman–Crippen LogP) is 1.35. The molecule has 0 amide bonds. The Labute approximate surface area is 100 Å². The van der Waals surface area contributed by atoms with Gasteiger partial charge in [0.2, 0.25) is 0 Å².